The molecule has 0 radical (unpaired) electrons. The van der Waals surface area contributed by atoms with Crippen molar-refractivity contribution in [1.82, 2.24) is 14.7 Å². The Morgan fingerprint density at radius 3 is 2.55 bits per heavy atom. The second-order valence-corrected chi connectivity index (χ2v) is 9.94. The number of nitrogens with zero attached hydrogens (tertiary/aromatic N) is 3. The average Bonchev–Trinajstić information content (AvgIpc) is 3.04. The SMILES string of the molecule is COc1ccc(S[C@@H]2C[C@@H](C(=O)N3CCCN(C)CC3)N(Cc3ccccc3)C2)cc1. The van der Waals surface area contributed by atoms with Crippen molar-refractivity contribution in [2.75, 3.05) is 46.9 Å². The molecule has 166 valence electrons. The quantitative estimate of drug-likeness (QED) is 0.687. The maximum absolute atomic E-state index is 13.6. The Morgan fingerprint density at radius 2 is 1.81 bits per heavy atom. The van der Waals surface area contributed by atoms with E-state index in [2.05, 4.69) is 58.1 Å². The van der Waals surface area contributed by atoms with Gasteiger partial charge in [0.1, 0.15) is 5.75 Å². The highest BCUT2D eigenvalue weighted by Crippen LogP contribution is 2.35. The van der Waals surface area contributed by atoms with E-state index in [-0.39, 0.29) is 6.04 Å². The monoisotopic (exact) mass is 439 g/mol. The average molecular weight is 440 g/mol. The van der Waals surface area contributed by atoms with Gasteiger partial charge < -0.3 is 14.5 Å². The summed E-state index contributed by atoms with van der Waals surface area (Å²) in [5.41, 5.74) is 1.27. The van der Waals surface area contributed by atoms with Gasteiger partial charge in [0.15, 0.2) is 0 Å². The molecule has 1 amide bonds. The van der Waals surface area contributed by atoms with Gasteiger partial charge in [0.25, 0.3) is 0 Å². The molecule has 2 heterocycles. The molecular formula is C25H33N3O2S. The summed E-state index contributed by atoms with van der Waals surface area (Å²) >= 11 is 1.88. The maximum atomic E-state index is 13.6. The van der Waals surface area contributed by atoms with E-state index < -0.39 is 0 Å². The summed E-state index contributed by atoms with van der Waals surface area (Å²) in [5, 5.41) is 0.403. The highest BCUT2D eigenvalue weighted by atomic mass is 32.2. The molecule has 0 unspecified atom stereocenters. The number of carbonyl (C=O) groups excluding carboxylic acids is 1. The van der Waals surface area contributed by atoms with E-state index >= 15 is 0 Å². The number of rotatable bonds is 6. The van der Waals surface area contributed by atoms with Gasteiger partial charge in [-0.25, -0.2) is 0 Å². The molecule has 2 aliphatic rings. The van der Waals surface area contributed by atoms with Gasteiger partial charge in [-0.1, -0.05) is 30.3 Å². The molecular weight excluding hydrogens is 406 g/mol. The second-order valence-electron chi connectivity index (χ2n) is 8.56. The molecule has 0 N–H and O–H groups in total. The third-order valence-electron chi connectivity index (χ3n) is 6.27. The number of thioether (sulfide) groups is 1. The van der Waals surface area contributed by atoms with Crippen LogP contribution in [-0.2, 0) is 11.3 Å². The minimum absolute atomic E-state index is 0.0423. The predicted molar refractivity (Wildman–Crippen MR) is 127 cm³/mol. The number of carbonyl (C=O) groups is 1. The van der Waals surface area contributed by atoms with Crippen LogP contribution in [0.15, 0.2) is 59.5 Å². The summed E-state index contributed by atoms with van der Waals surface area (Å²) in [5.74, 6) is 1.18. The highest BCUT2D eigenvalue weighted by Gasteiger charge is 2.39. The highest BCUT2D eigenvalue weighted by molar-refractivity contribution is 8.00. The Balaban J connectivity index is 1.47. The molecule has 0 spiro atoms. The molecule has 2 fully saturated rings. The zero-order valence-electron chi connectivity index (χ0n) is 18.6. The van der Waals surface area contributed by atoms with E-state index in [0.717, 1.165) is 57.9 Å². The van der Waals surface area contributed by atoms with Crippen LogP contribution in [0.5, 0.6) is 5.75 Å². The Labute approximate surface area is 190 Å². The Kier molecular flexibility index (Phi) is 7.54. The number of amides is 1. The molecule has 31 heavy (non-hydrogen) atoms. The fraction of sp³-hybridized carbons (Fsp3) is 0.480. The first kappa shape index (κ1) is 22.2. The van der Waals surface area contributed by atoms with Gasteiger partial charge in [0.05, 0.1) is 13.2 Å². The summed E-state index contributed by atoms with van der Waals surface area (Å²) < 4.78 is 5.28. The van der Waals surface area contributed by atoms with Crippen LogP contribution < -0.4 is 4.74 Å². The smallest absolute Gasteiger partial charge is 0.240 e. The summed E-state index contributed by atoms with van der Waals surface area (Å²) in [6.07, 6.45) is 1.95. The lowest BCUT2D eigenvalue weighted by atomic mass is 10.1. The Hall–Kier alpha value is -2.02. The lowest BCUT2D eigenvalue weighted by Gasteiger charge is -2.29. The summed E-state index contributed by atoms with van der Waals surface area (Å²) in [6.45, 7) is 5.48. The lowest BCUT2D eigenvalue weighted by Crippen LogP contribution is -2.46. The van der Waals surface area contributed by atoms with Crippen LogP contribution >= 0.6 is 11.8 Å². The first-order valence-electron chi connectivity index (χ1n) is 11.2. The van der Waals surface area contributed by atoms with Gasteiger partial charge in [-0.2, -0.15) is 0 Å². The summed E-state index contributed by atoms with van der Waals surface area (Å²) in [4.78, 5) is 21.6. The van der Waals surface area contributed by atoms with E-state index in [0.29, 0.717) is 11.2 Å². The third-order valence-corrected chi connectivity index (χ3v) is 7.49. The van der Waals surface area contributed by atoms with Gasteiger partial charge in [-0.3, -0.25) is 9.69 Å². The van der Waals surface area contributed by atoms with Gasteiger partial charge in [-0.15, -0.1) is 11.8 Å². The molecule has 2 atom stereocenters. The van der Waals surface area contributed by atoms with E-state index in [1.54, 1.807) is 7.11 Å². The van der Waals surface area contributed by atoms with Crippen LogP contribution in [0.2, 0.25) is 0 Å². The fourth-order valence-corrected chi connectivity index (χ4v) is 5.74. The van der Waals surface area contributed by atoms with Crippen LogP contribution in [0.25, 0.3) is 0 Å². The largest absolute Gasteiger partial charge is 0.497 e. The van der Waals surface area contributed by atoms with Crippen LogP contribution in [0.4, 0.5) is 0 Å². The first-order chi connectivity index (χ1) is 15.1. The molecule has 0 saturated carbocycles. The molecule has 6 heteroatoms. The first-order valence-corrected chi connectivity index (χ1v) is 12.1. The maximum Gasteiger partial charge on any atom is 0.240 e. The zero-order valence-corrected chi connectivity index (χ0v) is 19.4. The molecule has 2 aromatic rings. The predicted octanol–water partition coefficient (Wildman–Crippen LogP) is 3.59. The molecule has 4 rings (SSSR count). The van der Waals surface area contributed by atoms with Crippen molar-refractivity contribution >= 4 is 17.7 Å². The second kappa shape index (κ2) is 10.5. The summed E-state index contributed by atoms with van der Waals surface area (Å²) in [6, 6.07) is 18.7. The lowest BCUT2D eigenvalue weighted by molar-refractivity contribution is -0.136. The van der Waals surface area contributed by atoms with Crippen molar-refractivity contribution < 1.29 is 9.53 Å². The van der Waals surface area contributed by atoms with Crippen molar-refractivity contribution in [1.29, 1.82) is 0 Å². The molecule has 2 saturated heterocycles. The van der Waals surface area contributed by atoms with Gasteiger partial charge in [0, 0.05) is 42.9 Å². The van der Waals surface area contributed by atoms with Crippen molar-refractivity contribution in [3.63, 3.8) is 0 Å². The molecule has 5 nitrogen and oxygen atoms in total. The molecule has 2 aliphatic heterocycles. The fourth-order valence-electron chi connectivity index (χ4n) is 4.52. The standard InChI is InChI=1S/C25H33N3O2S/c1-26-13-6-14-27(16-15-26)25(29)24-17-23(31-22-11-9-21(30-2)10-12-22)19-28(24)18-20-7-4-3-5-8-20/h3-5,7-12,23-24H,6,13-19H2,1-2H3/t23-,24+/m1/s1. The number of ether oxygens (including phenoxy) is 1. The van der Waals surface area contributed by atoms with Crippen LogP contribution in [0, 0.1) is 0 Å². The normalized spacial score (nSPS) is 23.0. The Morgan fingerprint density at radius 1 is 1.03 bits per heavy atom. The number of hydrogen-bond donors (Lipinski definition) is 0. The van der Waals surface area contributed by atoms with E-state index in [1.807, 2.05) is 30.0 Å². The van der Waals surface area contributed by atoms with E-state index in [9.17, 15) is 4.79 Å². The molecule has 2 aromatic carbocycles. The minimum Gasteiger partial charge on any atom is -0.497 e. The third kappa shape index (κ3) is 5.82. The van der Waals surface area contributed by atoms with Crippen LogP contribution in [0.1, 0.15) is 18.4 Å². The number of hydrogen-bond acceptors (Lipinski definition) is 5. The van der Waals surface area contributed by atoms with Gasteiger partial charge in [-0.05, 0) is 56.3 Å². The van der Waals surface area contributed by atoms with Crippen molar-refractivity contribution in [3.05, 3.63) is 60.2 Å². The number of methoxy groups -OCH3 is 1. The molecule has 0 aromatic heterocycles. The van der Waals surface area contributed by atoms with Crippen molar-refractivity contribution in [2.45, 2.75) is 35.6 Å². The number of likely N-dealkylation sites (N-methyl/N-ethyl adjacent to an activating group) is 1. The van der Waals surface area contributed by atoms with Crippen molar-refractivity contribution in [3.8, 4) is 5.75 Å². The van der Waals surface area contributed by atoms with Crippen LogP contribution in [-0.4, -0.2) is 78.8 Å². The number of benzene rings is 2. The van der Waals surface area contributed by atoms with E-state index in [4.69, 9.17) is 4.74 Å². The Bertz CT molecular complexity index is 846. The number of likely N-dealkylation sites (tertiary alicyclic amines) is 1. The molecule has 0 aliphatic carbocycles. The minimum atomic E-state index is -0.0423. The zero-order chi connectivity index (χ0) is 21.6. The topological polar surface area (TPSA) is 36.0 Å². The van der Waals surface area contributed by atoms with E-state index in [1.165, 1.54) is 10.5 Å². The summed E-state index contributed by atoms with van der Waals surface area (Å²) in [7, 11) is 3.84. The van der Waals surface area contributed by atoms with Gasteiger partial charge in [0.2, 0.25) is 5.91 Å². The van der Waals surface area contributed by atoms with Crippen LogP contribution in [0.3, 0.4) is 0 Å². The van der Waals surface area contributed by atoms with Gasteiger partial charge >= 0.3 is 0 Å². The van der Waals surface area contributed by atoms with Crippen molar-refractivity contribution in [2.24, 2.45) is 0 Å². The molecule has 0 bridgehead atoms.